The Bertz CT molecular complexity index is 1250. The fraction of sp³-hybridized carbons (Fsp3) is 0.323. The zero-order chi connectivity index (χ0) is 25.5. The monoisotopic (exact) mass is 495 g/mol. The number of amides is 2. The highest BCUT2D eigenvalue weighted by atomic mass is 16.6. The van der Waals surface area contributed by atoms with Gasteiger partial charge in [0.1, 0.15) is 6.61 Å². The first-order valence-electron chi connectivity index (χ1n) is 13.0. The molecule has 4 aliphatic rings. The molecule has 1 fully saturated rings. The number of carbonyl (C=O) groups is 3. The molecule has 3 aliphatic carbocycles. The van der Waals surface area contributed by atoms with Gasteiger partial charge in [-0.1, -0.05) is 61.9 Å². The van der Waals surface area contributed by atoms with Crippen LogP contribution in [0.25, 0.3) is 0 Å². The van der Waals surface area contributed by atoms with Gasteiger partial charge in [-0.05, 0) is 52.9 Å². The Kier molecular flexibility index (Phi) is 6.13. The van der Waals surface area contributed by atoms with Crippen LogP contribution in [0.2, 0.25) is 0 Å². The zero-order valence-electron chi connectivity index (χ0n) is 20.8. The van der Waals surface area contributed by atoms with Gasteiger partial charge in [0, 0.05) is 18.4 Å². The molecule has 0 unspecified atom stereocenters. The van der Waals surface area contributed by atoms with Crippen LogP contribution in [0.3, 0.4) is 0 Å². The molecular weight excluding hydrogens is 466 g/mol. The minimum absolute atomic E-state index is 0.141. The van der Waals surface area contributed by atoms with Crippen LogP contribution in [0.4, 0.5) is 5.69 Å². The molecule has 1 heterocycles. The Labute approximate surface area is 216 Å². The largest absolute Gasteiger partial charge is 0.460 e. The second-order valence-corrected chi connectivity index (χ2v) is 9.93. The molecule has 6 heteroatoms. The molecule has 2 bridgehead atoms. The van der Waals surface area contributed by atoms with Crippen molar-refractivity contribution in [1.82, 2.24) is 0 Å². The van der Waals surface area contributed by atoms with Gasteiger partial charge in [0.05, 0.1) is 29.7 Å². The van der Waals surface area contributed by atoms with E-state index in [1.165, 1.54) is 4.90 Å². The summed E-state index contributed by atoms with van der Waals surface area (Å²) in [6.07, 6.45) is 2.03. The van der Waals surface area contributed by atoms with Crippen molar-refractivity contribution < 1.29 is 23.9 Å². The number of nitrogens with zero attached hydrogens (tertiary/aromatic N) is 1. The number of esters is 1. The van der Waals surface area contributed by atoms with Crippen molar-refractivity contribution in [2.45, 2.75) is 31.6 Å². The van der Waals surface area contributed by atoms with E-state index in [1.54, 1.807) is 24.3 Å². The van der Waals surface area contributed by atoms with Crippen molar-refractivity contribution in [2.75, 3.05) is 24.7 Å². The summed E-state index contributed by atoms with van der Waals surface area (Å²) in [6, 6.07) is 22.9. The number of hydrogen-bond acceptors (Lipinski definition) is 5. The summed E-state index contributed by atoms with van der Waals surface area (Å²) in [5.74, 6) is -1.95. The van der Waals surface area contributed by atoms with E-state index in [9.17, 15) is 14.4 Å². The SMILES string of the molecule is CCCCOCCOC(=O)c1ccc(N2C(=O)[C@@H]3C4c5ccccc5C(c5ccccc54)[C@H]3C2=O)cc1. The third-order valence-corrected chi connectivity index (χ3v) is 7.91. The molecule has 37 heavy (non-hydrogen) atoms. The van der Waals surface area contributed by atoms with Crippen LogP contribution in [0.1, 0.15) is 64.2 Å². The molecule has 3 aromatic carbocycles. The number of carbonyl (C=O) groups excluding carboxylic acids is 3. The molecule has 2 atom stereocenters. The van der Waals surface area contributed by atoms with Gasteiger partial charge in [0.25, 0.3) is 0 Å². The van der Waals surface area contributed by atoms with Gasteiger partial charge in [0.2, 0.25) is 11.8 Å². The predicted molar refractivity (Wildman–Crippen MR) is 138 cm³/mol. The number of hydrogen-bond donors (Lipinski definition) is 0. The van der Waals surface area contributed by atoms with E-state index in [0.29, 0.717) is 24.5 Å². The number of rotatable bonds is 8. The second-order valence-electron chi connectivity index (χ2n) is 9.93. The van der Waals surface area contributed by atoms with Crippen molar-refractivity contribution in [2.24, 2.45) is 11.8 Å². The summed E-state index contributed by atoms with van der Waals surface area (Å²) in [7, 11) is 0. The molecule has 0 aromatic heterocycles. The smallest absolute Gasteiger partial charge is 0.338 e. The lowest BCUT2D eigenvalue weighted by Crippen LogP contribution is -2.41. The van der Waals surface area contributed by atoms with Gasteiger partial charge in [-0.2, -0.15) is 0 Å². The van der Waals surface area contributed by atoms with Crippen molar-refractivity contribution in [3.05, 3.63) is 101 Å². The van der Waals surface area contributed by atoms with Crippen LogP contribution in [-0.4, -0.2) is 37.6 Å². The van der Waals surface area contributed by atoms with E-state index in [1.807, 2.05) is 24.3 Å². The van der Waals surface area contributed by atoms with E-state index in [4.69, 9.17) is 9.47 Å². The predicted octanol–water partition coefficient (Wildman–Crippen LogP) is 5.06. The minimum Gasteiger partial charge on any atom is -0.460 e. The van der Waals surface area contributed by atoms with Crippen LogP contribution in [0, 0.1) is 11.8 Å². The van der Waals surface area contributed by atoms with E-state index < -0.39 is 17.8 Å². The summed E-state index contributed by atoms with van der Waals surface area (Å²) < 4.78 is 10.7. The first kappa shape index (κ1) is 23.6. The van der Waals surface area contributed by atoms with Crippen LogP contribution in [0.15, 0.2) is 72.8 Å². The highest BCUT2D eigenvalue weighted by Crippen LogP contribution is 2.61. The average Bonchev–Trinajstić information content (AvgIpc) is 3.20. The van der Waals surface area contributed by atoms with Crippen LogP contribution in [-0.2, 0) is 19.1 Å². The fourth-order valence-electron chi connectivity index (χ4n) is 6.30. The van der Waals surface area contributed by atoms with Gasteiger partial charge >= 0.3 is 5.97 Å². The average molecular weight is 496 g/mol. The molecule has 3 aromatic rings. The third kappa shape index (κ3) is 3.78. The summed E-state index contributed by atoms with van der Waals surface area (Å²) in [6.45, 7) is 3.28. The number of anilines is 1. The van der Waals surface area contributed by atoms with Gasteiger partial charge in [-0.15, -0.1) is 0 Å². The standard InChI is InChI=1S/C31H29NO5/c1-2-3-16-36-17-18-37-31(35)19-12-14-20(15-13-19)32-29(33)27-25-21-8-4-5-9-22(21)26(28(27)30(32)34)24-11-7-6-10-23(24)25/h4-15,25-28H,2-3,16-18H2,1H3/t25?,26?,27-,28-/m1/s1. The zero-order valence-corrected chi connectivity index (χ0v) is 20.8. The van der Waals surface area contributed by atoms with Crippen LogP contribution >= 0.6 is 0 Å². The summed E-state index contributed by atoms with van der Waals surface area (Å²) >= 11 is 0. The maximum absolute atomic E-state index is 13.8. The summed E-state index contributed by atoms with van der Waals surface area (Å²) in [5, 5.41) is 0. The summed E-state index contributed by atoms with van der Waals surface area (Å²) in [5.41, 5.74) is 5.43. The lowest BCUT2D eigenvalue weighted by molar-refractivity contribution is -0.122. The molecule has 0 spiro atoms. The van der Waals surface area contributed by atoms with Crippen molar-refractivity contribution in [3.8, 4) is 0 Å². The summed E-state index contributed by atoms with van der Waals surface area (Å²) in [4.78, 5) is 41.4. The van der Waals surface area contributed by atoms with E-state index in [2.05, 4.69) is 31.2 Å². The third-order valence-electron chi connectivity index (χ3n) is 7.91. The normalized spacial score (nSPS) is 23.0. The van der Waals surface area contributed by atoms with E-state index in [0.717, 1.165) is 35.1 Å². The maximum Gasteiger partial charge on any atom is 0.338 e. The van der Waals surface area contributed by atoms with Crippen LogP contribution in [0.5, 0.6) is 0 Å². The number of unbranched alkanes of at least 4 members (excludes halogenated alkanes) is 1. The van der Waals surface area contributed by atoms with Crippen molar-refractivity contribution >= 4 is 23.5 Å². The van der Waals surface area contributed by atoms with E-state index >= 15 is 0 Å². The molecular formula is C31H29NO5. The van der Waals surface area contributed by atoms with Gasteiger partial charge in [0.15, 0.2) is 0 Å². The molecule has 2 amide bonds. The Balaban J connectivity index is 1.23. The molecule has 7 rings (SSSR count). The lowest BCUT2D eigenvalue weighted by Gasteiger charge is -2.45. The van der Waals surface area contributed by atoms with Crippen molar-refractivity contribution in [1.29, 1.82) is 0 Å². The highest BCUT2D eigenvalue weighted by molar-refractivity contribution is 6.23. The first-order chi connectivity index (χ1) is 18.1. The topological polar surface area (TPSA) is 72.9 Å². The molecule has 0 saturated carbocycles. The Morgan fingerprint density at radius 2 is 1.24 bits per heavy atom. The first-order valence-corrected chi connectivity index (χ1v) is 13.0. The number of imide groups is 1. The Hall–Kier alpha value is -3.77. The molecule has 1 saturated heterocycles. The Morgan fingerprint density at radius 1 is 0.730 bits per heavy atom. The second kappa shape index (κ2) is 9.60. The lowest BCUT2D eigenvalue weighted by atomic mass is 9.55. The molecule has 188 valence electrons. The minimum atomic E-state index is -0.456. The Morgan fingerprint density at radius 3 is 1.73 bits per heavy atom. The van der Waals surface area contributed by atoms with Crippen molar-refractivity contribution in [3.63, 3.8) is 0 Å². The van der Waals surface area contributed by atoms with E-state index in [-0.39, 0.29) is 30.3 Å². The molecule has 1 aliphatic heterocycles. The number of benzene rings is 3. The van der Waals surface area contributed by atoms with Crippen LogP contribution < -0.4 is 4.90 Å². The molecule has 0 radical (unpaired) electrons. The highest BCUT2D eigenvalue weighted by Gasteiger charge is 2.61. The maximum atomic E-state index is 13.8. The molecule has 6 nitrogen and oxygen atoms in total. The van der Waals surface area contributed by atoms with Gasteiger partial charge < -0.3 is 9.47 Å². The quantitative estimate of drug-likeness (QED) is 0.248. The van der Waals surface area contributed by atoms with Gasteiger partial charge in [-0.3, -0.25) is 9.59 Å². The molecule has 0 N–H and O–H groups in total. The van der Waals surface area contributed by atoms with Gasteiger partial charge in [-0.25, -0.2) is 9.69 Å². The fourth-order valence-corrected chi connectivity index (χ4v) is 6.30. The number of ether oxygens (including phenoxy) is 2.